The van der Waals surface area contributed by atoms with Crippen LogP contribution in [0.15, 0.2) is 47.1 Å². The van der Waals surface area contributed by atoms with Gasteiger partial charge < -0.3 is 24.2 Å². The highest BCUT2D eigenvalue weighted by molar-refractivity contribution is 5.73. The number of nitrogens with one attached hydrogen (secondary N) is 1. The lowest BCUT2D eigenvalue weighted by Crippen LogP contribution is -2.36. The van der Waals surface area contributed by atoms with Crippen molar-refractivity contribution in [1.82, 2.24) is 20.4 Å². The van der Waals surface area contributed by atoms with Crippen molar-refractivity contribution in [2.75, 3.05) is 14.2 Å². The smallest absolute Gasteiger partial charge is 0.317 e. The molecule has 2 amide bonds. The van der Waals surface area contributed by atoms with E-state index < -0.39 is 0 Å². The van der Waals surface area contributed by atoms with Gasteiger partial charge in [-0.05, 0) is 31.5 Å². The highest BCUT2D eigenvalue weighted by Crippen LogP contribution is 2.23. The first-order valence-corrected chi connectivity index (χ1v) is 9.14. The van der Waals surface area contributed by atoms with Crippen molar-refractivity contribution in [2.45, 2.75) is 26.9 Å². The molecule has 2 heterocycles. The molecule has 152 valence electrons. The van der Waals surface area contributed by atoms with E-state index in [1.54, 1.807) is 37.4 Å². The molecule has 0 fully saturated rings. The Morgan fingerprint density at radius 1 is 1.21 bits per heavy atom. The Bertz CT molecular complexity index is 950. The first-order chi connectivity index (χ1) is 14.0. The lowest BCUT2D eigenvalue weighted by molar-refractivity contribution is 0.206. The molecule has 0 atom stereocenters. The van der Waals surface area contributed by atoms with Gasteiger partial charge in [0.1, 0.15) is 17.3 Å². The summed E-state index contributed by atoms with van der Waals surface area (Å²) in [4.78, 5) is 18.2. The normalized spacial score (nSPS) is 10.5. The van der Waals surface area contributed by atoms with Crippen LogP contribution in [0.2, 0.25) is 0 Å². The maximum atomic E-state index is 12.3. The molecule has 0 saturated heterocycles. The van der Waals surface area contributed by atoms with E-state index in [0.717, 1.165) is 22.6 Å². The van der Waals surface area contributed by atoms with Crippen molar-refractivity contribution in [2.24, 2.45) is 0 Å². The van der Waals surface area contributed by atoms with E-state index in [9.17, 15) is 4.79 Å². The van der Waals surface area contributed by atoms with Gasteiger partial charge >= 0.3 is 6.03 Å². The summed E-state index contributed by atoms with van der Waals surface area (Å²) in [6.07, 6.45) is 1.67. The van der Waals surface area contributed by atoms with Crippen molar-refractivity contribution in [3.05, 3.63) is 65.2 Å². The van der Waals surface area contributed by atoms with Gasteiger partial charge in [-0.1, -0.05) is 17.3 Å². The molecule has 3 rings (SSSR count). The van der Waals surface area contributed by atoms with Crippen LogP contribution in [0.25, 0.3) is 0 Å². The number of aromatic nitrogens is 2. The summed E-state index contributed by atoms with van der Waals surface area (Å²) in [7, 11) is 3.33. The number of ether oxygens (including phenoxy) is 2. The van der Waals surface area contributed by atoms with Gasteiger partial charge in [-0.3, -0.25) is 0 Å². The van der Waals surface area contributed by atoms with Gasteiger partial charge in [-0.25, -0.2) is 9.78 Å². The monoisotopic (exact) mass is 396 g/mol. The minimum atomic E-state index is -0.193. The Balaban J connectivity index is 1.52. The summed E-state index contributed by atoms with van der Waals surface area (Å²) in [5.41, 5.74) is 2.57. The summed E-state index contributed by atoms with van der Waals surface area (Å²) in [5.74, 6) is 2.53. The molecule has 0 radical (unpaired) electrons. The van der Waals surface area contributed by atoms with E-state index in [4.69, 9.17) is 14.0 Å². The highest BCUT2D eigenvalue weighted by atomic mass is 16.5. The maximum absolute atomic E-state index is 12.3. The zero-order valence-corrected chi connectivity index (χ0v) is 16.9. The number of nitrogens with zero attached hydrogens (tertiary/aromatic N) is 3. The van der Waals surface area contributed by atoms with Crippen LogP contribution in [0.3, 0.4) is 0 Å². The number of hydrogen-bond acceptors (Lipinski definition) is 6. The predicted octanol–water partition coefficient (Wildman–Crippen LogP) is 3.83. The number of pyridine rings is 1. The summed E-state index contributed by atoms with van der Waals surface area (Å²) < 4.78 is 16.0. The fourth-order valence-corrected chi connectivity index (χ4v) is 2.71. The number of amides is 2. The first-order valence-electron chi connectivity index (χ1n) is 9.14. The van der Waals surface area contributed by atoms with E-state index in [1.807, 2.05) is 38.1 Å². The van der Waals surface area contributed by atoms with Gasteiger partial charge in [0, 0.05) is 37.5 Å². The zero-order chi connectivity index (χ0) is 20.8. The van der Waals surface area contributed by atoms with Crippen molar-refractivity contribution in [1.29, 1.82) is 0 Å². The topological polar surface area (TPSA) is 89.7 Å². The molecular formula is C21H24N4O4. The van der Waals surface area contributed by atoms with Crippen LogP contribution in [0.5, 0.6) is 17.4 Å². The zero-order valence-electron chi connectivity index (χ0n) is 16.9. The largest absolute Gasteiger partial charge is 0.497 e. The third kappa shape index (κ3) is 5.25. The van der Waals surface area contributed by atoms with Gasteiger partial charge in [0.2, 0.25) is 5.88 Å². The van der Waals surface area contributed by atoms with Gasteiger partial charge in [0.25, 0.3) is 0 Å². The third-order valence-corrected chi connectivity index (χ3v) is 4.43. The lowest BCUT2D eigenvalue weighted by Gasteiger charge is -2.17. The number of urea groups is 1. The average Bonchev–Trinajstić information content (AvgIpc) is 3.05. The molecule has 8 nitrogen and oxygen atoms in total. The van der Waals surface area contributed by atoms with Crippen LogP contribution in [0, 0.1) is 13.8 Å². The summed E-state index contributed by atoms with van der Waals surface area (Å²) in [6.45, 7) is 4.48. The quantitative estimate of drug-likeness (QED) is 0.653. The third-order valence-electron chi connectivity index (χ3n) is 4.43. The van der Waals surface area contributed by atoms with Gasteiger partial charge in [0.15, 0.2) is 0 Å². The first kappa shape index (κ1) is 20.2. The van der Waals surface area contributed by atoms with Crippen molar-refractivity contribution in [3.63, 3.8) is 0 Å². The molecule has 1 aromatic carbocycles. The van der Waals surface area contributed by atoms with Gasteiger partial charge in [0.05, 0.1) is 19.3 Å². The Hall–Kier alpha value is -3.55. The van der Waals surface area contributed by atoms with E-state index >= 15 is 0 Å². The number of hydrogen-bond donors (Lipinski definition) is 1. The second-order valence-corrected chi connectivity index (χ2v) is 6.60. The Morgan fingerprint density at radius 2 is 2.00 bits per heavy atom. The van der Waals surface area contributed by atoms with Gasteiger partial charge in [-0.15, -0.1) is 0 Å². The summed E-state index contributed by atoms with van der Waals surface area (Å²) in [5, 5.41) is 6.78. The molecule has 8 heteroatoms. The Morgan fingerprint density at radius 3 is 2.66 bits per heavy atom. The molecule has 29 heavy (non-hydrogen) atoms. The molecule has 0 aliphatic carbocycles. The van der Waals surface area contributed by atoms with Crippen LogP contribution in [-0.4, -0.2) is 35.2 Å². The molecule has 3 aromatic rings. The molecule has 0 spiro atoms. The molecule has 0 bridgehead atoms. The average molecular weight is 396 g/mol. The van der Waals surface area contributed by atoms with Crippen molar-refractivity contribution < 1.29 is 18.8 Å². The number of benzene rings is 1. The molecule has 0 aliphatic heterocycles. The number of carbonyl (C=O) groups excluding carboxylic acids is 1. The van der Waals surface area contributed by atoms with Crippen LogP contribution in [0.1, 0.15) is 22.6 Å². The van der Waals surface area contributed by atoms with Gasteiger partial charge in [-0.2, -0.15) is 0 Å². The van der Waals surface area contributed by atoms with Crippen LogP contribution in [-0.2, 0) is 13.1 Å². The molecule has 0 aliphatic rings. The number of methoxy groups -OCH3 is 1. The van der Waals surface area contributed by atoms with Crippen LogP contribution >= 0.6 is 0 Å². The van der Waals surface area contributed by atoms with E-state index in [1.165, 1.54) is 0 Å². The Kier molecular flexibility index (Phi) is 6.33. The van der Waals surface area contributed by atoms with Crippen LogP contribution < -0.4 is 14.8 Å². The Labute approximate surface area is 169 Å². The number of rotatable bonds is 7. The van der Waals surface area contributed by atoms with Crippen LogP contribution in [0.4, 0.5) is 4.79 Å². The van der Waals surface area contributed by atoms with Crippen molar-refractivity contribution >= 4 is 6.03 Å². The van der Waals surface area contributed by atoms with Crippen molar-refractivity contribution in [3.8, 4) is 17.4 Å². The SMILES string of the molecule is COc1cccc(Oc2ccc(CNC(=O)N(C)Cc3c(C)noc3C)cn2)c1. The number of carbonyl (C=O) groups is 1. The standard InChI is InChI=1S/C21H24N4O4/c1-14-19(15(2)29-24-14)13-25(3)21(26)23-12-16-8-9-20(22-11-16)28-18-7-5-6-17(10-18)27-4/h5-11H,12-13H2,1-4H3,(H,23,26). The van der Waals surface area contributed by atoms with E-state index in [-0.39, 0.29) is 6.03 Å². The summed E-state index contributed by atoms with van der Waals surface area (Å²) >= 11 is 0. The predicted molar refractivity (Wildman–Crippen MR) is 107 cm³/mol. The number of aryl methyl sites for hydroxylation is 2. The second-order valence-electron chi connectivity index (χ2n) is 6.60. The minimum absolute atomic E-state index is 0.193. The molecular weight excluding hydrogens is 372 g/mol. The fraction of sp³-hybridized carbons (Fsp3) is 0.286. The van der Waals surface area contributed by atoms with E-state index in [2.05, 4.69) is 15.5 Å². The minimum Gasteiger partial charge on any atom is -0.497 e. The lowest BCUT2D eigenvalue weighted by atomic mass is 10.2. The van der Waals surface area contributed by atoms with E-state index in [0.29, 0.717) is 30.5 Å². The molecule has 2 aromatic heterocycles. The molecule has 0 unspecified atom stereocenters. The summed E-state index contributed by atoms with van der Waals surface area (Å²) in [6, 6.07) is 10.7. The fourth-order valence-electron chi connectivity index (χ4n) is 2.71. The maximum Gasteiger partial charge on any atom is 0.317 e. The highest BCUT2D eigenvalue weighted by Gasteiger charge is 2.15. The molecule has 1 N–H and O–H groups in total. The molecule has 0 saturated carbocycles. The second kappa shape index (κ2) is 9.09.